The third kappa shape index (κ3) is 5.38. The van der Waals surface area contributed by atoms with E-state index in [2.05, 4.69) is 91.0 Å². The second-order valence-corrected chi connectivity index (χ2v) is 6.60. The second-order valence-electron chi connectivity index (χ2n) is 6.60. The van der Waals surface area contributed by atoms with E-state index in [1.54, 1.807) is 0 Å². The van der Waals surface area contributed by atoms with Crippen molar-refractivity contribution in [2.45, 2.75) is 32.1 Å². The van der Waals surface area contributed by atoms with Crippen molar-refractivity contribution >= 4 is 0 Å². The molecule has 0 saturated heterocycles. The van der Waals surface area contributed by atoms with Gasteiger partial charge < -0.3 is 0 Å². The van der Waals surface area contributed by atoms with Crippen LogP contribution in [0.3, 0.4) is 0 Å². The van der Waals surface area contributed by atoms with E-state index >= 15 is 0 Å². The SMILES string of the molecule is c1ccc(CCC(CCc2ccccc2)Cc2ccccc2)cc1. The van der Waals surface area contributed by atoms with Crippen LogP contribution >= 0.6 is 0 Å². The number of aryl methyl sites for hydroxylation is 2. The molecule has 0 aliphatic heterocycles. The monoisotopic (exact) mass is 314 g/mol. The summed E-state index contributed by atoms with van der Waals surface area (Å²) < 4.78 is 0. The lowest BCUT2D eigenvalue weighted by atomic mass is 9.88. The Labute approximate surface area is 146 Å². The Bertz CT molecular complexity index is 642. The maximum Gasteiger partial charge on any atom is -0.0250 e. The van der Waals surface area contributed by atoms with Gasteiger partial charge >= 0.3 is 0 Å². The molecule has 0 fully saturated rings. The summed E-state index contributed by atoms with van der Waals surface area (Å²) in [5.74, 6) is 0.729. The molecule has 0 radical (unpaired) electrons. The average Bonchev–Trinajstić information content (AvgIpc) is 2.66. The van der Waals surface area contributed by atoms with Gasteiger partial charge in [-0.1, -0.05) is 91.0 Å². The first-order chi connectivity index (χ1) is 11.9. The molecule has 0 spiro atoms. The van der Waals surface area contributed by atoms with Crippen molar-refractivity contribution in [3.05, 3.63) is 108 Å². The van der Waals surface area contributed by atoms with E-state index < -0.39 is 0 Å². The van der Waals surface area contributed by atoms with Crippen molar-refractivity contribution in [3.8, 4) is 0 Å². The fourth-order valence-corrected chi connectivity index (χ4v) is 3.33. The van der Waals surface area contributed by atoms with Gasteiger partial charge in [-0.2, -0.15) is 0 Å². The molecule has 0 atom stereocenters. The Morgan fingerprint density at radius 2 is 0.833 bits per heavy atom. The standard InChI is InChI=1S/C24H26/c1-4-10-21(11-5-1)16-18-24(20-23-14-8-3-9-15-23)19-17-22-12-6-2-7-13-22/h1-15,24H,16-20H2. The Morgan fingerprint density at radius 3 is 1.25 bits per heavy atom. The lowest BCUT2D eigenvalue weighted by molar-refractivity contribution is 0.448. The summed E-state index contributed by atoms with van der Waals surface area (Å²) in [6.07, 6.45) is 6.04. The Balaban J connectivity index is 1.61. The molecule has 0 aliphatic rings. The van der Waals surface area contributed by atoms with Gasteiger partial charge in [0.1, 0.15) is 0 Å². The normalized spacial score (nSPS) is 10.9. The molecule has 0 saturated carbocycles. The molecule has 0 aromatic heterocycles. The summed E-state index contributed by atoms with van der Waals surface area (Å²) in [4.78, 5) is 0. The molecule has 0 amide bonds. The van der Waals surface area contributed by atoms with E-state index in [4.69, 9.17) is 0 Å². The summed E-state index contributed by atoms with van der Waals surface area (Å²) in [5, 5.41) is 0. The summed E-state index contributed by atoms with van der Waals surface area (Å²) >= 11 is 0. The first kappa shape index (κ1) is 16.5. The van der Waals surface area contributed by atoms with Gasteiger partial charge in [0.25, 0.3) is 0 Å². The smallest absolute Gasteiger partial charge is 0.0250 e. The largest absolute Gasteiger partial charge is 0.0622 e. The maximum absolute atomic E-state index is 2.26. The molecule has 3 aromatic rings. The lowest BCUT2D eigenvalue weighted by Crippen LogP contribution is -2.08. The summed E-state index contributed by atoms with van der Waals surface area (Å²) in [6.45, 7) is 0. The Kier molecular flexibility index (Phi) is 6.25. The van der Waals surface area contributed by atoms with Crippen LogP contribution in [-0.2, 0) is 19.3 Å². The first-order valence-corrected chi connectivity index (χ1v) is 9.02. The van der Waals surface area contributed by atoms with Crippen LogP contribution in [0.2, 0.25) is 0 Å². The van der Waals surface area contributed by atoms with Gasteiger partial charge in [0.05, 0.1) is 0 Å². The summed E-state index contributed by atoms with van der Waals surface area (Å²) in [5.41, 5.74) is 4.37. The molecule has 0 nitrogen and oxygen atoms in total. The van der Waals surface area contributed by atoms with Crippen LogP contribution in [0.25, 0.3) is 0 Å². The molecule has 3 aromatic carbocycles. The van der Waals surface area contributed by atoms with Gasteiger partial charge in [0.15, 0.2) is 0 Å². The van der Waals surface area contributed by atoms with Crippen LogP contribution in [0.1, 0.15) is 29.5 Å². The minimum absolute atomic E-state index is 0.729. The highest BCUT2D eigenvalue weighted by molar-refractivity contribution is 5.18. The van der Waals surface area contributed by atoms with E-state index in [1.165, 1.54) is 48.8 Å². The summed E-state index contributed by atoms with van der Waals surface area (Å²) in [6, 6.07) is 32.7. The molecule has 0 heterocycles. The molecular formula is C24H26. The van der Waals surface area contributed by atoms with Crippen LogP contribution in [0.5, 0.6) is 0 Å². The highest BCUT2D eigenvalue weighted by Gasteiger charge is 2.10. The lowest BCUT2D eigenvalue weighted by Gasteiger charge is -2.17. The quantitative estimate of drug-likeness (QED) is 0.470. The second kappa shape index (κ2) is 9.08. The van der Waals surface area contributed by atoms with Gasteiger partial charge in [0.2, 0.25) is 0 Å². The van der Waals surface area contributed by atoms with Gasteiger partial charge in [-0.25, -0.2) is 0 Å². The van der Waals surface area contributed by atoms with E-state index in [1.807, 2.05) is 0 Å². The third-order valence-corrected chi connectivity index (χ3v) is 4.74. The van der Waals surface area contributed by atoms with E-state index in [0.717, 1.165) is 5.92 Å². The van der Waals surface area contributed by atoms with Gasteiger partial charge in [-0.3, -0.25) is 0 Å². The van der Waals surface area contributed by atoms with Crippen molar-refractivity contribution in [3.63, 3.8) is 0 Å². The highest BCUT2D eigenvalue weighted by atomic mass is 14.2. The number of hydrogen-bond acceptors (Lipinski definition) is 0. The predicted octanol–water partition coefficient (Wildman–Crippen LogP) is 6.11. The molecule has 0 N–H and O–H groups in total. The molecule has 3 rings (SSSR count). The zero-order valence-corrected chi connectivity index (χ0v) is 14.3. The van der Waals surface area contributed by atoms with Crippen LogP contribution in [0.15, 0.2) is 91.0 Å². The molecule has 0 aliphatic carbocycles. The predicted molar refractivity (Wildman–Crippen MR) is 103 cm³/mol. The molecule has 122 valence electrons. The van der Waals surface area contributed by atoms with Crippen LogP contribution in [0.4, 0.5) is 0 Å². The van der Waals surface area contributed by atoms with Gasteiger partial charge in [-0.15, -0.1) is 0 Å². The van der Waals surface area contributed by atoms with Crippen molar-refractivity contribution in [1.29, 1.82) is 0 Å². The van der Waals surface area contributed by atoms with Crippen LogP contribution < -0.4 is 0 Å². The fourth-order valence-electron chi connectivity index (χ4n) is 3.33. The molecular weight excluding hydrogens is 288 g/mol. The average molecular weight is 314 g/mol. The van der Waals surface area contributed by atoms with Crippen molar-refractivity contribution < 1.29 is 0 Å². The summed E-state index contributed by atoms with van der Waals surface area (Å²) in [7, 11) is 0. The van der Waals surface area contributed by atoms with Gasteiger partial charge in [-0.05, 0) is 54.7 Å². The van der Waals surface area contributed by atoms with E-state index in [9.17, 15) is 0 Å². The molecule has 0 bridgehead atoms. The number of rotatable bonds is 8. The minimum atomic E-state index is 0.729. The zero-order valence-electron chi connectivity index (χ0n) is 14.3. The maximum atomic E-state index is 2.26. The fraction of sp³-hybridized carbons (Fsp3) is 0.250. The van der Waals surface area contributed by atoms with Crippen LogP contribution in [-0.4, -0.2) is 0 Å². The van der Waals surface area contributed by atoms with E-state index in [-0.39, 0.29) is 0 Å². The zero-order chi connectivity index (χ0) is 16.5. The Hall–Kier alpha value is -2.34. The number of benzene rings is 3. The third-order valence-electron chi connectivity index (χ3n) is 4.74. The van der Waals surface area contributed by atoms with Crippen molar-refractivity contribution in [1.82, 2.24) is 0 Å². The molecule has 0 heteroatoms. The van der Waals surface area contributed by atoms with Crippen molar-refractivity contribution in [2.75, 3.05) is 0 Å². The van der Waals surface area contributed by atoms with Crippen molar-refractivity contribution in [2.24, 2.45) is 5.92 Å². The first-order valence-electron chi connectivity index (χ1n) is 9.02. The van der Waals surface area contributed by atoms with E-state index in [0.29, 0.717) is 0 Å². The van der Waals surface area contributed by atoms with Gasteiger partial charge in [0, 0.05) is 0 Å². The Morgan fingerprint density at radius 1 is 0.458 bits per heavy atom. The molecule has 0 unspecified atom stereocenters. The topological polar surface area (TPSA) is 0 Å². The number of hydrogen-bond donors (Lipinski definition) is 0. The van der Waals surface area contributed by atoms with Crippen LogP contribution in [0, 0.1) is 5.92 Å². The minimum Gasteiger partial charge on any atom is -0.0622 e. The molecule has 24 heavy (non-hydrogen) atoms. The highest BCUT2D eigenvalue weighted by Crippen LogP contribution is 2.21.